The van der Waals surface area contributed by atoms with E-state index in [1.807, 2.05) is 18.2 Å². The third-order valence-electron chi connectivity index (χ3n) is 5.48. The summed E-state index contributed by atoms with van der Waals surface area (Å²) in [5.74, 6) is 0.314. The van der Waals surface area contributed by atoms with Gasteiger partial charge in [0.15, 0.2) is 0 Å². The predicted molar refractivity (Wildman–Crippen MR) is 101 cm³/mol. The summed E-state index contributed by atoms with van der Waals surface area (Å²) in [5, 5.41) is 9.88. The fourth-order valence-electron chi connectivity index (χ4n) is 4.01. The van der Waals surface area contributed by atoms with Crippen LogP contribution in [0.4, 0.5) is 0 Å². The Bertz CT molecular complexity index is 863. The maximum absolute atomic E-state index is 12.3. The molecule has 1 aliphatic carbocycles. The topological polar surface area (TPSA) is 90.7 Å². The zero-order valence-electron chi connectivity index (χ0n) is 15.8. The van der Waals surface area contributed by atoms with Crippen LogP contribution in [0.15, 0.2) is 29.2 Å². The maximum Gasteiger partial charge on any atom is 0.309 e. The molecule has 7 nitrogen and oxygen atoms in total. The van der Waals surface area contributed by atoms with Crippen molar-refractivity contribution in [3.05, 3.63) is 34.7 Å². The summed E-state index contributed by atoms with van der Waals surface area (Å²) in [6.45, 7) is 0.540. The maximum atomic E-state index is 12.3. The molecule has 0 saturated heterocycles. The SMILES string of the molecule is COC(=O)C1CC(O)CCC1CCCn1c(=O)cnc2ccc(OC)cc21. The molecule has 146 valence electrons. The molecule has 3 unspecified atom stereocenters. The zero-order valence-corrected chi connectivity index (χ0v) is 15.8. The highest BCUT2D eigenvalue weighted by atomic mass is 16.5. The zero-order chi connectivity index (χ0) is 19.4. The lowest BCUT2D eigenvalue weighted by molar-refractivity contribution is -0.150. The number of rotatable bonds is 6. The number of nitrogens with zero attached hydrogens (tertiary/aromatic N) is 2. The first-order chi connectivity index (χ1) is 13.0. The van der Waals surface area contributed by atoms with Gasteiger partial charge in [0.1, 0.15) is 5.75 Å². The van der Waals surface area contributed by atoms with Crippen LogP contribution in [-0.4, -0.2) is 41.0 Å². The summed E-state index contributed by atoms with van der Waals surface area (Å²) in [7, 11) is 2.97. The van der Waals surface area contributed by atoms with Crippen molar-refractivity contribution in [2.45, 2.75) is 44.8 Å². The molecule has 2 aromatic rings. The lowest BCUT2D eigenvalue weighted by Crippen LogP contribution is -2.34. The van der Waals surface area contributed by atoms with Gasteiger partial charge < -0.3 is 19.1 Å². The summed E-state index contributed by atoms with van der Waals surface area (Å²) in [6, 6.07) is 5.47. The van der Waals surface area contributed by atoms with Crippen LogP contribution in [0, 0.1) is 11.8 Å². The van der Waals surface area contributed by atoms with Crippen LogP contribution in [0.1, 0.15) is 32.1 Å². The summed E-state index contributed by atoms with van der Waals surface area (Å²) < 4.78 is 11.9. The first-order valence-corrected chi connectivity index (χ1v) is 9.33. The number of fused-ring (bicyclic) bond motifs is 1. The van der Waals surface area contributed by atoms with Crippen LogP contribution in [0.25, 0.3) is 11.0 Å². The average molecular weight is 374 g/mol. The molecule has 1 saturated carbocycles. The number of aryl methyl sites for hydroxylation is 1. The highest BCUT2D eigenvalue weighted by Gasteiger charge is 2.34. The molecule has 7 heteroatoms. The number of aliphatic hydroxyl groups is 1. The molecule has 1 aromatic carbocycles. The first-order valence-electron chi connectivity index (χ1n) is 9.33. The number of methoxy groups -OCH3 is 2. The van der Waals surface area contributed by atoms with E-state index in [1.54, 1.807) is 11.7 Å². The van der Waals surface area contributed by atoms with E-state index in [1.165, 1.54) is 13.3 Å². The first kappa shape index (κ1) is 19.4. The second kappa shape index (κ2) is 8.52. The number of benzene rings is 1. The third kappa shape index (κ3) is 4.30. The smallest absolute Gasteiger partial charge is 0.309 e. The van der Waals surface area contributed by atoms with E-state index < -0.39 is 6.10 Å². The minimum atomic E-state index is -0.440. The van der Waals surface area contributed by atoms with Gasteiger partial charge in [0.25, 0.3) is 5.56 Å². The van der Waals surface area contributed by atoms with E-state index in [0.29, 0.717) is 25.1 Å². The molecule has 0 amide bonds. The van der Waals surface area contributed by atoms with Crippen molar-refractivity contribution >= 4 is 17.0 Å². The molecular formula is C20H26N2O5. The van der Waals surface area contributed by atoms with Crippen LogP contribution in [0.3, 0.4) is 0 Å². The van der Waals surface area contributed by atoms with Gasteiger partial charge in [-0.25, -0.2) is 4.98 Å². The quantitative estimate of drug-likeness (QED) is 0.779. The highest BCUT2D eigenvalue weighted by Crippen LogP contribution is 2.34. The minimum absolute atomic E-state index is 0.153. The molecule has 1 aliphatic rings. The Hall–Kier alpha value is -2.41. The van der Waals surface area contributed by atoms with E-state index in [-0.39, 0.29) is 23.4 Å². The number of aromatic nitrogens is 2. The number of hydrogen-bond acceptors (Lipinski definition) is 6. The van der Waals surface area contributed by atoms with E-state index in [0.717, 1.165) is 30.3 Å². The lowest BCUT2D eigenvalue weighted by Gasteiger charge is -2.32. The number of hydrogen-bond donors (Lipinski definition) is 1. The standard InChI is InChI=1S/C20H26N2O5/c1-26-15-7-8-17-18(11-15)22(19(24)12-21-17)9-3-4-13-5-6-14(23)10-16(13)20(25)27-2/h7-8,11-14,16,23H,3-6,9-10H2,1-2H3. The van der Waals surface area contributed by atoms with Gasteiger partial charge in [-0.1, -0.05) is 0 Å². The Morgan fingerprint density at radius 3 is 2.89 bits per heavy atom. The minimum Gasteiger partial charge on any atom is -0.497 e. The number of aliphatic hydroxyl groups excluding tert-OH is 1. The number of esters is 1. The van der Waals surface area contributed by atoms with E-state index in [9.17, 15) is 14.7 Å². The largest absolute Gasteiger partial charge is 0.497 e. The van der Waals surface area contributed by atoms with E-state index >= 15 is 0 Å². The van der Waals surface area contributed by atoms with Crippen LogP contribution >= 0.6 is 0 Å². The monoisotopic (exact) mass is 374 g/mol. The molecule has 1 N–H and O–H groups in total. The molecule has 0 aliphatic heterocycles. The summed E-state index contributed by atoms with van der Waals surface area (Å²) in [6.07, 6.45) is 4.39. The van der Waals surface area contributed by atoms with Gasteiger partial charge in [-0.15, -0.1) is 0 Å². The third-order valence-corrected chi connectivity index (χ3v) is 5.48. The van der Waals surface area contributed by atoms with Crippen molar-refractivity contribution in [3.63, 3.8) is 0 Å². The van der Waals surface area contributed by atoms with Crippen molar-refractivity contribution in [3.8, 4) is 5.75 Å². The number of carbonyl (C=O) groups excluding carboxylic acids is 1. The molecule has 0 spiro atoms. The summed E-state index contributed by atoms with van der Waals surface area (Å²) in [4.78, 5) is 28.6. The molecule has 27 heavy (non-hydrogen) atoms. The fraction of sp³-hybridized carbons (Fsp3) is 0.550. The van der Waals surface area contributed by atoms with Gasteiger partial charge in [0.05, 0.1) is 43.5 Å². The average Bonchev–Trinajstić information content (AvgIpc) is 2.69. The molecule has 0 bridgehead atoms. The van der Waals surface area contributed by atoms with Crippen molar-refractivity contribution in [2.24, 2.45) is 11.8 Å². The van der Waals surface area contributed by atoms with Crippen molar-refractivity contribution < 1.29 is 19.4 Å². The van der Waals surface area contributed by atoms with Crippen LogP contribution in [0.5, 0.6) is 5.75 Å². The second-order valence-electron chi connectivity index (χ2n) is 7.10. The van der Waals surface area contributed by atoms with E-state index in [4.69, 9.17) is 9.47 Å². The van der Waals surface area contributed by atoms with Gasteiger partial charge >= 0.3 is 5.97 Å². The van der Waals surface area contributed by atoms with E-state index in [2.05, 4.69) is 4.98 Å². The highest BCUT2D eigenvalue weighted by molar-refractivity contribution is 5.76. The normalized spacial score (nSPS) is 22.6. The Kier molecular flexibility index (Phi) is 6.11. The van der Waals surface area contributed by atoms with Crippen LogP contribution in [-0.2, 0) is 16.1 Å². The van der Waals surface area contributed by atoms with Crippen molar-refractivity contribution in [2.75, 3.05) is 14.2 Å². The van der Waals surface area contributed by atoms with Gasteiger partial charge in [-0.2, -0.15) is 0 Å². The number of carbonyl (C=O) groups is 1. The van der Waals surface area contributed by atoms with Crippen molar-refractivity contribution in [1.82, 2.24) is 9.55 Å². The van der Waals surface area contributed by atoms with Gasteiger partial charge in [-0.05, 0) is 50.2 Å². The molecule has 3 atom stereocenters. The second-order valence-corrected chi connectivity index (χ2v) is 7.10. The van der Waals surface area contributed by atoms with Crippen LogP contribution < -0.4 is 10.3 Å². The summed E-state index contributed by atoms with van der Waals surface area (Å²) >= 11 is 0. The Morgan fingerprint density at radius 1 is 1.33 bits per heavy atom. The van der Waals surface area contributed by atoms with Crippen LogP contribution in [0.2, 0.25) is 0 Å². The Morgan fingerprint density at radius 2 is 2.15 bits per heavy atom. The number of ether oxygens (including phenoxy) is 2. The molecule has 0 radical (unpaired) electrons. The molecule has 1 aromatic heterocycles. The van der Waals surface area contributed by atoms with Gasteiger partial charge in [0.2, 0.25) is 0 Å². The molecule has 1 fully saturated rings. The van der Waals surface area contributed by atoms with Crippen molar-refractivity contribution in [1.29, 1.82) is 0 Å². The van der Waals surface area contributed by atoms with Gasteiger partial charge in [-0.3, -0.25) is 9.59 Å². The molecule has 1 heterocycles. The molecular weight excluding hydrogens is 348 g/mol. The predicted octanol–water partition coefficient (Wildman–Crippen LogP) is 2.14. The fourth-order valence-corrected chi connectivity index (χ4v) is 4.01. The Balaban J connectivity index is 1.74. The summed E-state index contributed by atoms with van der Waals surface area (Å²) in [5.41, 5.74) is 1.33. The lowest BCUT2D eigenvalue weighted by atomic mass is 9.75. The molecule has 3 rings (SSSR count). The van der Waals surface area contributed by atoms with Gasteiger partial charge in [0, 0.05) is 12.6 Å². The Labute approximate surface area is 157 Å².